The number of fused-ring (bicyclic) bond motifs is 1. The van der Waals surface area contributed by atoms with Gasteiger partial charge in [0.25, 0.3) is 5.91 Å². The van der Waals surface area contributed by atoms with Gasteiger partial charge in [0, 0.05) is 36.9 Å². The summed E-state index contributed by atoms with van der Waals surface area (Å²) in [5, 5.41) is 13.4. The van der Waals surface area contributed by atoms with Gasteiger partial charge in [-0.1, -0.05) is 6.07 Å². The number of amides is 1. The molecule has 0 radical (unpaired) electrons. The molecule has 25 heavy (non-hydrogen) atoms. The molecule has 0 saturated heterocycles. The van der Waals surface area contributed by atoms with Crippen molar-refractivity contribution >= 4 is 22.9 Å². The van der Waals surface area contributed by atoms with Crippen molar-refractivity contribution in [1.82, 2.24) is 34.9 Å². The topological polar surface area (TPSA) is 98.0 Å². The van der Waals surface area contributed by atoms with Crippen LogP contribution >= 0.6 is 11.3 Å². The Hall–Kier alpha value is -3.20. The van der Waals surface area contributed by atoms with E-state index in [-0.39, 0.29) is 5.91 Å². The fraction of sp³-hybridized carbons (Fsp3) is 0.125. The predicted molar refractivity (Wildman–Crippen MR) is 92.2 cm³/mol. The zero-order valence-corrected chi connectivity index (χ0v) is 13.8. The molecular weight excluding hydrogens is 338 g/mol. The fourth-order valence-corrected chi connectivity index (χ4v) is 3.07. The molecule has 0 atom stereocenters. The van der Waals surface area contributed by atoms with Gasteiger partial charge in [0.15, 0.2) is 16.5 Å². The molecule has 4 heterocycles. The first-order chi connectivity index (χ1) is 12.3. The van der Waals surface area contributed by atoms with E-state index in [0.29, 0.717) is 29.5 Å². The van der Waals surface area contributed by atoms with Gasteiger partial charge in [0.2, 0.25) is 0 Å². The second-order valence-corrected chi connectivity index (χ2v) is 6.02. The molecule has 1 N–H and O–H groups in total. The van der Waals surface area contributed by atoms with Gasteiger partial charge < -0.3 is 5.32 Å². The third-order valence-electron chi connectivity index (χ3n) is 3.51. The Morgan fingerprint density at radius 3 is 2.92 bits per heavy atom. The van der Waals surface area contributed by atoms with E-state index in [1.54, 1.807) is 23.8 Å². The Balaban J connectivity index is 1.39. The summed E-state index contributed by atoms with van der Waals surface area (Å²) in [6.45, 7) is 0.448. The van der Waals surface area contributed by atoms with Crippen LogP contribution in [-0.2, 0) is 6.42 Å². The van der Waals surface area contributed by atoms with Crippen molar-refractivity contribution in [3.8, 4) is 10.8 Å². The van der Waals surface area contributed by atoms with Gasteiger partial charge in [0.1, 0.15) is 11.5 Å². The van der Waals surface area contributed by atoms with E-state index < -0.39 is 0 Å². The summed E-state index contributed by atoms with van der Waals surface area (Å²) in [5.41, 5.74) is 1.15. The maximum absolute atomic E-state index is 12.2. The highest BCUT2D eigenvalue weighted by Gasteiger charge is 2.13. The maximum Gasteiger partial charge on any atom is 0.270 e. The molecule has 0 aliphatic carbocycles. The van der Waals surface area contributed by atoms with Crippen LogP contribution in [0.1, 0.15) is 16.3 Å². The molecule has 0 saturated carbocycles. The molecule has 4 aromatic heterocycles. The number of carbonyl (C=O) groups excluding carboxylic acids is 1. The molecule has 0 bridgehead atoms. The van der Waals surface area contributed by atoms with Gasteiger partial charge in [-0.3, -0.25) is 9.20 Å². The molecule has 0 aromatic carbocycles. The first-order valence-corrected chi connectivity index (χ1v) is 8.49. The summed E-state index contributed by atoms with van der Waals surface area (Å²) in [6.07, 6.45) is 5.77. The standard InChI is InChI=1S/C16H13N7OS/c24-15(11-10-25-16(20-11)14-17-6-3-7-18-14)19-8-5-13-22-21-12-4-1-2-9-23(12)13/h1-4,6-7,9-10H,5,8H2,(H,19,24). The van der Waals surface area contributed by atoms with E-state index in [1.807, 2.05) is 28.8 Å². The number of thiazole rings is 1. The van der Waals surface area contributed by atoms with Crippen molar-refractivity contribution < 1.29 is 4.79 Å². The van der Waals surface area contributed by atoms with Crippen LogP contribution < -0.4 is 5.32 Å². The summed E-state index contributed by atoms with van der Waals surface area (Å²) in [6, 6.07) is 7.45. The number of hydrogen-bond donors (Lipinski definition) is 1. The van der Waals surface area contributed by atoms with E-state index in [4.69, 9.17) is 0 Å². The van der Waals surface area contributed by atoms with Gasteiger partial charge in [0.05, 0.1) is 0 Å². The van der Waals surface area contributed by atoms with Crippen LogP contribution in [0.3, 0.4) is 0 Å². The lowest BCUT2D eigenvalue weighted by Gasteiger charge is -2.02. The lowest BCUT2D eigenvalue weighted by molar-refractivity contribution is 0.0949. The minimum Gasteiger partial charge on any atom is -0.350 e. The summed E-state index contributed by atoms with van der Waals surface area (Å²) >= 11 is 1.34. The fourth-order valence-electron chi connectivity index (χ4n) is 2.33. The second kappa shape index (κ2) is 6.73. The van der Waals surface area contributed by atoms with E-state index >= 15 is 0 Å². The molecule has 0 aliphatic heterocycles. The zero-order chi connectivity index (χ0) is 17.1. The van der Waals surface area contributed by atoms with E-state index in [9.17, 15) is 4.79 Å². The first-order valence-electron chi connectivity index (χ1n) is 7.61. The first kappa shape index (κ1) is 15.3. The van der Waals surface area contributed by atoms with Crippen molar-refractivity contribution in [3.05, 3.63) is 59.8 Å². The van der Waals surface area contributed by atoms with Crippen LogP contribution in [0, 0.1) is 0 Å². The highest BCUT2D eigenvalue weighted by atomic mass is 32.1. The molecule has 9 heteroatoms. The monoisotopic (exact) mass is 351 g/mol. The van der Waals surface area contributed by atoms with Gasteiger partial charge in [-0.2, -0.15) is 0 Å². The zero-order valence-electron chi connectivity index (χ0n) is 13.0. The number of rotatable bonds is 5. The Kier molecular flexibility index (Phi) is 4.13. The Labute approximate surface area is 146 Å². The molecule has 1 amide bonds. The normalized spacial score (nSPS) is 10.9. The largest absolute Gasteiger partial charge is 0.350 e. The quantitative estimate of drug-likeness (QED) is 0.587. The van der Waals surface area contributed by atoms with Crippen molar-refractivity contribution in [2.45, 2.75) is 6.42 Å². The third kappa shape index (κ3) is 3.22. The average molecular weight is 351 g/mol. The smallest absolute Gasteiger partial charge is 0.270 e. The number of aromatic nitrogens is 6. The summed E-state index contributed by atoms with van der Waals surface area (Å²) < 4.78 is 1.90. The Bertz CT molecular complexity index is 1010. The highest BCUT2D eigenvalue weighted by Crippen LogP contribution is 2.19. The van der Waals surface area contributed by atoms with Crippen LogP contribution in [0.25, 0.3) is 16.5 Å². The van der Waals surface area contributed by atoms with Gasteiger partial charge in [-0.05, 0) is 18.2 Å². The molecule has 0 aliphatic rings. The van der Waals surface area contributed by atoms with E-state index in [1.165, 1.54) is 11.3 Å². The number of nitrogens with one attached hydrogen (secondary N) is 1. The third-order valence-corrected chi connectivity index (χ3v) is 4.35. The number of hydrogen-bond acceptors (Lipinski definition) is 7. The van der Waals surface area contributed by atoms with Crippen LogP contribution in [0.2, 0.25) is 0 Å². The molecular formula is C16H13N7OS. The molecule has 4 aromatic rings. The van der Waals surface area contributed by atoms with Gasteiger partial charge in [-0.25, -0.2) is 15.0 Å². The summed E-state index contributed by atoms with van der Waals surface area (Å²) in [4.78, 5) is 24.8. The highest BCUT2D eigenvalue weighted by molar-refractivity contribution is 7.13. The minimum absolute atomic E-state index is 0.229. The van der Waals surface area contributed by atoms with Gasteiger partial charge >= 0.3 is 0 Å². The van der Waals surface area contributed by atoms with Crippen molar-refractivity contribution in [1.29, 1.82) is 0 Å². The van der Waals surface area contributed by atoms with Crippen molar-refractivity contribution in [2.75, 3.05) is 6.54 Å². The SMILES string of the molecule is O=C(NCCc1nnc2ccccn12)c1csc(-c2ncccn2)n1. The second-order valence-electron chi connectivity index (χ2n) is 5.16. The van der Waals surface area contributed by atoms with Crippen LogP contribution in [0.5, 0.6) is 0 Å². The molecule has 0 fully saturated rings. The van der Waals surface area contributed by atoms with Crippen LogP contribution in [-0.4, -0.2) is 42.0 Å². The van der Waals surface area contributed by atoms with Crippen LogP contribution in [0.4, 0.5) is 0 Å². The minimum atomic E-state index is -0.229. The van der Waals surface area contributed by atoms with Crippen LogP contribution in [0.15, 0.2) is 48.2 Å². The summed E-state index contributed by atoms with van der Waals surface area (Å²) in [5.74, 6) is 1.08. The Morgan fingerprint density at radius 1 is 1.16 bits per heavy atom. The van der Waals surface area contributed by atoms with Gasteiger partial charge in [-0.15, -0.1) is 21.5 Å². The lowest BCUT2D eigenvalue weighted by atomic mass is 10.3. The maximum atomic E-state index is 12.2. The summed E-state index contributed by atoms with van der Waals surface area (Å²) in [7, 11) is 0. The average Bonchev–Trinajstić information content (AvgIpc) is 3.30. The number of carbonyl (C=O) groups is 1. The number of pyridine rings is 1. The number of nitrogens with zero attached hydrogens (tertiary/aromatic N) is 6. The van der Waals surface area contributed by atoms with Crippen molar-refractivity contribution in [3.63, 3.8) is 0 Å². The molecule has 8 nitrogen and oxygen atoms in total. The Morgan fingerprint density at radius 2 is 2.04 bits per heavy atom. The van der Waals surface area contributed by atoms with Crippen molar-refractivity contribution in [2.24, 2.45) is 0 Å². The molecule has 124 valence electrons. The molecule has 0 spiro atoms. The predicted octanol–water partition coefficient (Wildman–Crippen LogP) is 1.62. The van der Waals surface area contributed by atoms with E-state index in [2.05, 4.69) is 30.5 Å². The van der Waals surface area contributed by atoms with E-state index in [0.717, 1.165) is 11.5 Å². The molecule has 4 rings (SSSR count). The lowest BCUT2D eigenvalue weighted by Crippen LogP contribution is -2.26. The molecule has 0 unspecified atom stereocenters.